The standard InChI is InChI=1S/C27H35N3OS/c1-18-9-12-21(13-10-18)28-27(31)20-11-14-25-23(16-20)29-26(17-22-7-5-15-32-22)30(25)24-8-4-3-6-19(24)2/h5,7,11,14-16,18-19,21,24H,3-4,6,8-10,12-13,17H2,1-2H3,(H,28,31)/t18?,19-,21?,24-/m1/s1. The number of hydrogen-bond acceptors (Lipinski definition) is 3. The number of carbonyl (C=O) groups excluding carboxylic acids is 1. The Labute approximate surface area is 195 Å². The summed E-state index contributed by atoms with van der Waals surface area (Å²) >= 11 is 1.79. The number of carbonyl (C=O) groups is 1. The van der Waals surface area contributed by atoms with Crippen molar-refractivity contribution in [3.05, 3.63) is 52.0 Å². The van der Waals surface area contributed by atoms with Gasteiger partial charge in [0.15, 0.2) is 0 Å². The number of rotatable bonds is 5. The molecule has 5 rings (SSSR count). The van der Waals surface area contributed by atoms with Crippen molar-refractivity contribution in [3.8, 4) is 0 Å². The monoisotopic (exact) mass is 449 g/mol. The average molecular weight is 450 g/mol. The first-order valence-electron chi connectivity index (χ1n) is 12.4. The Bertz CT molecular complexity index is 1060. The third-order valence-corrected chi connectivity index (χ3v) is 8.56. The van der Waals surface area contributed by atoms with Crippen LogP contribution in [0.3, 0.4) is 0 Å². The van der Waals surface area contributed by atoms with Gasteiger partial charge >= 0.3 is 0 Å². The van der Waals surface area contributed by atoms with Gasteiger partial charge in [-0.1, -0.05) is 32.8 Å². The molecule has 170 valence electrons. The molecule has 3 aromatic rings. The summed E-state index contributed by atoms with van der Waals surface area (Å²) in [6, 6.07) is 11.3. The predicted molar refractivity (Wildman–Crippen MR) is 132 cm³/mol. The molecule has 1 amide bonds. The molecule has 0 saturated heterocycles. The minimum Gasteiger partial charge on any atom is -0.349 e. The van der Waals surface area contributed by atoms with Crippen LogP contribution >= 0.6 is 11.3 Å². The molecule has 2 atom stereocenters. The van der Waals surface area contributed by atoms with Gasteiger partial charge in [0.05, 0.1) is 11.0 Å². The lowest BCUT2D eigenvalue weighted by molar-refractivity contribution is 0.0923. The zero-order valence-electron chi connectivity index (χ0n) is 19.3. The Morgan fingerprint density at radius 3 is 2.66 bits per heavy atom. The first-order valence-corrected chi connectivity index (χ1v) is 13.3. The molecule has 0 aliphatic heterocycles. The molecule has 2 aromatic heterocycles. The fraction of sp³-hybridized carbons (Fsp3) is 0.556. The SMILES string of the molecule is CC1CCC(NC(=O)c2ccc3c(c2)nc(Cc2cccs2)n3[C@@H]2CCCC[C@H]2C)CC1. The summed E-state index contributed by atoms with van der Waals surface area (Å²) in [6.45, 7) is 4.70. The fourth-order valence-electron chi connectivity index (χ4n) is 5.71. The van der Waals surface area contributed by atoms with Crippen LogP contribution in [0, 0.1) is 11.8 Å². The van der Waals surface area contributed by atoms with E-state index in [4.69, 9.17) is 4.98 Å². The van der Waals surface area contributed by atoms with Gasteiger partial charge in [-0.2, -0.15) is 0 Å². The first kappa shape index (κ1) is 21.7. The highest BCUT2D eigenvalue weighted by Gasteiger charge is 2.27. The molecule has 2 heterocycles. The van der Waals surface area contributed by atoms with E-state index in [-0.39, 0.29) is 5.91 Å². The molecule has 0 spiro atoms. The summed E-state index contributed by atoms with van der Waals surface area (Å²) in [5, 5.41) is 5.42. The maximum absolute atomic E-state index is 13.0. The van der Waals surface area contributed by atoms with Crippen molar-refractivity contribution in [3.63, 3.8) is 0 Å². The zero-order valence-corrected chi connectivity index (χ0v) is 20.2. The van der Waals surface area contributed by atoms with Crippen LogP contribution in [0.5, 0.6) is 0 Å². The quantitative estimate of drug-likeness (QED) is 0.468. The van der Waals surface area contributed by atoms with E-state index in [2.05, 4.69) is 47.3 Å². The summed E-state index contributed by atoms with van der Waals surface area (Å²) in [6.07, 6.45) is 10.6. The molecule has 1 N–H and O–H groups in total. The third-order valence-electron chi connectivity index (χ3n) is 7.69. The summed E-state index contributed by atoms with van der Waals surface area (Å²) in [5.41, 5.74) is 2.87. The molecule has 32 heavy (non-hydrogen) atoms. The summed E-state index contributed by atoms with van der Waals surface area (Å²) in [5.74, 6) is 2.62. The number of thiophene rings is 1. The van der Waals surface area contributed by atoms with Gasteiger partial charge in [0, 0.05) is 28.9 Å². The number of amides is 1. The van der Waals surface area contributed by atoms with Gasteiger partial charge in [0.1, 0.15) is 5.82 Å². The van der Waals surface area contributed by atoms with Crippen LogP contribution in [0.15, 0.2) is 35.7 Å². The Kier molecular flexibility index (Phi) is 6.36. The van der Waals surface area contributed by atoms with Gasteiger partial charge in [0.2, 0.25) is 0 Å². The second-order valence-corrected chi connectivity index (χ2v) is 11.1. The lowest BCUT2D eigenvalue weighted by Gasteiger charge is -2.31. The van der Waals surface area contributed by atoms with Crippen molar-refractivity contribution in [2.24, 2.45) is 11.8 Å². The summed E-state index contributed by atoms with van der Waals surface area (Å²) < 4.78 is 2.50. The molecule has 4 nitrogen and oxygen atoms in total. The van der Waals surface area contributed by atoms with Crippen LogP contribution in [0.25, 0.3) is 11.0 Å². The lowest BCUT2D eigenvalue weighted by Crippen LogP contribution is -2.37. The van der Waals surface area contributed by atoms with Gasteiger partial charge in [-0.15, -0.1) is 11.3 Å². The fourth-order valence-corrected chi connectivity index (χ4v) is 6.41. The van der Waals surface area contributed by atoms with E-state index >= 15 is 0 Å². The van der Waals surface area contributed by atoms with E-state index in [1.807, 2.05) is 12.1 Å². The highest BCUT2D eigenvalue weighted by atomic mass is 32.1. The molecule has 0 bridgehead atoms. The van der Waals surface area contributed by atoms with Crippen LogP contribution in [-0.2, 0) is 6.42 Å². The molecule has 2 saturated carbocycles. The Morgan fingerprint density at radius 2 is 1.91 bits per heavy atom. The first-order chi connectivity index (χ1) is 15.6. The van der Waals surface area contributed by atoms with Crippen molar-refractivity contribution in [2.75, 3.05) is 0 Å². The minimum absolute atomic E-state index is 0.0480. The predicted octanol–water partition coefficient (Wildman–Crippen LogP) is 6.75. The number of nitrogens with zero attached hydrogens (tertiary/aromatic N) is 2. The van der Waals surface area contributed by atoms with Crippen LogP contribution in [-0.4, -0.2) is 21.5 Å². The lowest BCUT2D eigenvalue weighted by atomic mass is 9.85. The Hall–Kier alpha value is -2.14. The van der Waals surface area contributed by atoms with Gasteiger partial charge in [-0.05, 0) is 80.0 Å². The van der Waals surface area contributed by atoms with Gasteiger partial charge in [-0.3, -0.25) is 4.79 Å². The number of aromatic nitrogens is 2. The topological polar surface area (TPSA) is 46.9 Å². The van der Waals surface area contributed by atoms with E-state index in [0.717, 1.165) is 42.1 Å². The zero-order chi connectivity index (χ0) is 22.1. The smallest absolute Gasteiger partial charge is 0.251 e. The molecule has 0 radical (unpaired) electrons. The van der Waals surface area contributed by atoms with E-state index in [0.29, 0.717) is 18.0 Å². The number of imidazole rings is 1. The molecule has 0 unspecified atom stereocenters. The van der Waals surface area contributed by atoms with Crippen LogP contribution in [0.1, 0.15) is 92.3 Å². The van der Waals surface area contributed by atoms with Crippen molar-refractivity contribution in [2.45, 2.75) is 83.7 Å². The molecule has 1 aromatic carbocycles. The number of nitrogens with one attached hydrogen (secondary N) is 1. The van der Waals surface area contributed by atoms with Crippen molar-refractivity contribution in [1.29, 1.82) is 0 Å². The van der Waals surface area contributed by atoms with E-state index in [1.54, 1.807) is 11.3 Å². The Balaban J connectivity index is 1.45. The molecular weight excluding hydrogens is 414 g/mol. The maximum atomic E-state index is 13.0. The number of benzene rings is 1. The van der Waals surface area contributed by atoms with Crippen LogP contribution in [0.2, 0.25) is 0 Å². The minimum atomic E-state index is 0.0480. The summed E-state index contributed by atoms with van der Waals surface area (Å²) in [4.78, 5) is 19.4. The third kappa shape index (κ3) is 4.50. The molecule has 2 aliphatic carbocycles. The van der Waals surface area contributed by atoms with E-state index < -0.39 is 0 Å². The van der Waals surface area contributed by atoms with Crippen molar-refractivity contribution < 1.29 is 4.79 Å². The van der Waals surface area contributed by atoms with Crippen molar-refractivity contribution >= 4 is 28.3 Å². The Morgan fingerprint density at radius 1 is 1.09 bits per heavy atom. The van der Waals surface area contributed by atoms with Crippen LogP contribution < -0.4 is 5.32 Å². The van der Waals surface area contributed by atoms with E-state index in [1.165, 1.54) is 48.9 Å². The second kappa shape index (κ2) is 9.38. The van der Waals surface area contributed by atoms with E-state index in [9.17, 15) is 4.79 Å². The molecule has 5 heteroatoms. The average Bonchev–Trinajstić information content (AvgIpc) is 3.43. The van der Waals surface area contributed by atoms with Crippen molar-refractivity contribution in [1.82, 2.24) is 14.9 Å². The molecule has 2 aliphatic rings. The second-order valence-electron chi connectivity index (χ2n) is 10.1. The van der Waals surface area contributed by atoms with Gasteiger partial charge in [0.25, 0.3) is 5.91 Å². The number of hydrogen-bond donors (Lipinski definition) is 1. The molecule has 2 fully saturated rings. The number of fused-ring (bicyclic) bond motifs is 1. The van der Waals surface area contributed by atoms with Crippen LogP contribution in [0.4, 0.5) is 0 Å². The summed E-state index contributed by atoms with van der Waals surface area (Å²) in [7, 11) is 0. The molecular formula is C27H35N3OS. The normalized spacial score (nSPS) is 26.3. The van der Waals surface area contributed by atoms with Gasteiger partial charge in [-0.25, -0.2) is 4.98 Å². The largest absolute Gasteiger partial charge is 0.349 e. The highest BCUT2D eigenvalue weighted by molar-refractivity contribution is 7.09. The highest BCUT2D eigenvalue weighted by Crippen LogP contribution is 2.37. The maximum Gasteiger partial charge on any atom is 0.251 e. The van der Waals surface area contributed by atoms with Gasteiger partial charge < -0.3 is 9.88 Å².